The molecule has 2 aliphatic heterocycles. The Labute approximate surface area is 175 Å². The minimum atomic E-state index is -0.0587. The molecule has 1 amide bonds. The molecule has 0 spiro atoms. The van der Waals surface area contributed by atoms with Crippen molar-refractivity contribution in [3.05, 3.63) is 54.5 Å². The maximum Gasteiger partial charge on any atom is 0.276 e. The average molecular weight is 403 g/mol. The number of carbonyl (C=O) groups excluding carboxylic acids is 1. The highest BCUT2D eigenvalue weighted by molar-refractivity contribution is 5.95. The van der Waals surface area contributed by atoms with Crippen LogP contribution in [-0.2, 0) is 0 Å². The van der Waals surface area contributed by atoms with Crippen LogP contribution in [0.15, 0.2) is 48.8 Å². The number of aromatic nitrogens is 3. The normalized spacial score (nSPS) is 20.6. The molecular weight excluding hydrogens is 378 g/mol. The van der Waals surface area contributed by atoms with Gasteiger partial charge in [0, 0.05) is 31.7 Å². The van der Waals surface area contributed by atoms with Crippen molar-refractivity contribution >= 4 is 22.8 Å². The molecule has 2 aromatic heterocycles. The van der Waals surface area contributed by atoms with E-state index in [1.54, 1.807) is 12.3 Å². The second-order valence-corrected chi connectivity index (χ2v) is 7.94. The van der Waals surface area contributed by atoms with Crippen molar-refractivity contribution in [1.29, 1.82) is 0 Å². The summed E-state index contributed by atoms with van der Waals surface area (Å²) in [7, 11) is 0. The molecule has 0 saturated carbocycles. The second-order valence-electron chi connectivity index (χ2n) is 7.94. The lowest BCUT2D eigenvalue weighted by Gasteiger charge is -2.53. The maximum absolute atomic E-state index is 13.2. The number of fused-ring (bicyclic) bond motifs is 2. The Morgan fingerprint density at radius 3 is 2.87 bits per heavy atom. The number of para-hydroxylation sites is 2. The Kier molecular flexibility index (Phi) is 4.94. The first-order valence-corrected chi connectivity index (χ1v) is 10.6. The van der Waals surface area contributed by atoms with Crippen LogP contribution in [0.1, 0.15) is 30.3 Å². The number of amides is 1. The summed E-state index contributed by atoms with van der Waals surface area (Å²) in [6.07, 6.45) is 5.37. The molecule has 30 heavy (non-hydrogen) atoms. The molecule has 0 radical (unpaired) electrons. The van der Waals surface area contributed by atoms with Gasteiger partial charge in [0.2, 0.25) is 0 Å². The van der Waals surface area contributed by atoms with Gasteiger partial charge in [-0.3, -0.25) is 9.78 Å². The van der Waals surface area contributed by atoms with E-state index in [1.807, 2.05) is 48.4 Å². The third kappa shape index (κ3) is 3.34. The summed E-state index contributed by atoms with van der Waals surface area (Å²) in [4.78, 5) is 31.1. The number of ether oxygens (including phenoxy) is 1. The van der Waals surface area contributed by atoms with E-state index in [-0.39, 0.29) is 11.9 Å². The number of anilines is 1. The zero-order valence-corrected chi connectivity index (χ0v) is 17.1. The minimum Gasteiger partial charge on any atom is -0.491 e. The number of pyridine rings is 1. The molecule has 4 heterocycles. The van der Waals surface area contributed by atoms with E-state index >= 15 is 0 Å². The SMILES string of the molecule is CCCOc1cccnc1C(=O)N1CCC2CN(c3cnc4ccccc4n3)C2C1. The number of likely N-dealkylation sites (tertiary alicyclic amines) is 1. The summed E-state index contributed by atoms with van der Waals surface area (Å²) in [5.41, 5.74) is 2.20. The molecular formula is C23H25N5O2. The summed E-state index contributed by atoms with van der Waals surface area (Å²) < 4.78 is 5.75. The van der Waals surface area contributed by atoms with Crippen molar-refractivity contribution in [3.8, 4) is 5.75 Å². The number of hydrogen-bond donors (Lipinski definition) is 0. The average Bonchev–Trinajstić information content (AvgIpc) is 2.78. The first kappa shape index (κ1) is 18.8. The quantitative estimate of drug-likeness (QED) is 0.652. The van der Waals surface area contributed by atoms with Gasteiger partial charge in [-0.05, 0) is 37.1 Å². The third-order valence-electron chi connectivity index (χ3n) is 6.01. The van der Waals surface area contributed by atoms with Gasteiger partial charge in [0.1, 0.15) is 5.82 Å². The maximum atomic E-state index is 13.2. The van der Waals surface area contributed by atoms with E-state index in [0.29, 0.717) is 30.5 Å². The van der Waals surface area contributed by atoms with Gasteiger partial charge in [0.25, 0.3) is 5.91 Å². The molecule has 2 aliphatic rings. The fourth-order valence-electron chi connectivity index (χ4n) is 4.36. The molecule has 1 aromatic carbocycles. The van der Waals surface area contributed by atoms with Gasteiger partial charge in [-0.1, -0.05) is 19.1 Å². The van der Waals surface area contributed by atoms with E-state index in [0.717, 1.165) is 42.8 Å². The standard InChI is InChI=1S/C23H25N5O2/c1-2-12-30-20-8-5-10-24-22(20)23(29)27-11-9-16-14-28(19(16)15-27)21-13-25-17-6-3-4-7-18(17)26-21/h3-8,10,13,16,19H,2,9,11-12,14-15H2,1H3. The molecule has 0 bridgehead atoms. The van der Waals surface area contributed by atoms with E-state index in [4.69, 9.17) is 9.72 Å². The largest absolute Gasteiger partial charge is 0.491 e. The third-order valence-corrected chi connectivity index (χ3v) is 6.01. The van der Waals surface area contributed by atoms with E-state index in [1.165, 1.54) is 0 Å². The van der Waals surface area contributed by atoms with Crippen molar-refractivity contribution in [1.82, 2.24) is 19.9 Å². The van der Waals surface area contributed by atoms with Crippen LogP contribution >= 0.6 is 0 Å². The minimum absolute atomic E-state index is 0.0587. The number of nitrogens with zero attached hydrogens (tertiary/aromatic N) is 5. The van der Waals surface area contributed by atoms with Gasteiger partial charge >= 0.3 is 0 Å². The first-order valence-electron chi connectivity index (χ1n) is 10.6. The Bertz CT molecular complexity index is 1070. The van der Waals surface area contributed by atoms with Gasteiger partial charge in [-0.15, -0.1) is 0 Å². The molecule has 5 rings (SSSR count). The number of benzene rings is 1. The number of piperidine rings is 1. The lowest BCUT2D eigenvalue weighted by Crippen LogP contribution is -2.65. The molecule has 2 fully saturated rings. The van der Waals surface area contributed by atoms with Gasteiger partial charge in [0.05, 0.1) is 29.9 Å². The number of hydrogen-bond acceptors (Lipinski definition) is 6. The summed E-state index contributed by atoms with van der Waals surface area (Å²) >= 11 is 0. The van der Waals surface area contributed by atoms with Crippen molar-refractivity contribution in [3.63, 3.8) is 0 Å². The lowest BCUT2D eigenvalue weighted by atomic mass is 9.82. The molecule has 2 atom stereocenters. The van der Waals surface area contributed by atoms with Crippen LogP contribution in [0.2, 0.25) is 0 Å². The van der Waals surface area contributed by atoms with Crippen molar-refractivity contribution in [2.24, 2.45) is 5.92 Å². The van der Waals surface area contributed by atoms with Gasteiger partial charge in [-0.2, -0.15) is 0 Å². The van der Waals surface area contributed by atoms with E-state index < -0.39 is 0 Å². The molecule has 2 unspecified atom stereocenters. The predicted octanol–water partition coefficient (Wildman–Crippen LogP) is 3.16. The van der Waals surface area contributed by atoms with E-state index in [2.05, 4.69) is 14.9 Å². The van der Waals surface area contributed by atoms with Crippen LogP contribution in [0.25, 0.3) is 11.0 Å². The fraction of sp³-hybridized carbons (Fsp3) is 0.391. The zero-order chi connectivity index (χ0) is 20.5. The van der Waals surface area contributed by atoms with Crippen LogP contribution < -0.4 is 9.64 Å². The topological polar surface area (TPSA) is 71.5 Å². The first-order chi connectivity index (χ1) is 14.7. The summed E-state index contributed by atoms with van der Waals surface area (Å²) in [6, 6.07) is 11.8. The Morgan fingerprint density at radius 1 is 1.13 bits per heavy atom. The number of carbonyl (C=O) groups is 1. The summed E-state index contributed by atoms with van der Waals surface area (Å²) in [6.45, 7) is 5.01. The van der Waals surface area contributed by atoms with Crippen molar-refractivity contribution in [2.45, 2.75) is 25.8 Å². The molecule has 2 saturated heterocycles. The van der Waals surface area contributed by atoms with Gasteiger partial charge < -0.3 is 14.5 Å². The molecule has 3 aromatic rings. The highest BCUT2D eigenvalue weighted by Crippen LogP contribution is 2.36. The van der Waals surface area contributed by atoms with Crippen LogP contribution in [-0.4, -0.2) is 58.0 Å². The Morgan fingerprint density at radius 2 is 2.00 bits per heavy atom. The number of rotatable bonds is 5. The molecule has 7 nitrogen and oxygen atoms in total. The van der Waals surface area contributed by atoms with Gasteiger partial charge in [-0.25, -0.2) is 9.97 Å². The molecule has 0 aliphatic carbocycles. The summed E-state index contributed by atoms with van der Waals surface area (Å²) in [5.74, 6) is 1.98. The summed E-state index contributed by atoms with van der Waals surface area (Å²) in [5, 5.41) is 0. The van der Waals surface area contributed by atoms with Crippen molar-refractivity contribution < 1.29 is 9.53 Å². The highest BCUT2D eigenvalue weighted by atomic mass is 16.5. The smallest absolute Gasteiger partial charge is 0.276 e. The Hall–Kier alpha value is -3.22. The lowest BCUT2D eigenvalue weighted by molar-refractivity contribution is 0.0581. The second kappa shape index (κ2) is 7.89. The van der Waals surface area contributed by atoms with Crippen LogP contribution in [0.5, 0.6) is 5.75 Å². The zero-order valence-electron chi connectivity index (χ0n) is 17.1. The van der Waals surface area contributed by atoms with Crippen LogP contribution in [0.4, 0.5) is 5.82 Å². The monoisotopic (exact) mass is 403 g/mol. The molecule has 7 heteroatoms. The van der Waals surface area contributed by atoms with Gasteiger partial charge in [0.15, 0.2) is 11.4 Å². The fourth-order valence-corrected chi connectivity index (χ4v) is 4.36. The van der Waals surface area contributed by atoms with E-state index in [9.17, 15) is 4.79 Å². The Balaban J connectivity index is 1.33. The molecule has 154 valence electrons. The van der Waals surface area contributed by atoms with Crippen LogP contribution in [0, 0.1) is 5.92 Å². The van der Waals surface area contributed by atoms with Crippen molar-refractivity contribution in [2.75, 3.05) is 31.1 Å². The highest BCUT2D eigenvalue weighted by Gasteiger charge is 2.44. The predicted molar refractivity (Wildman–Crippen MR) is 115 cm³/mol. The molecule has 0 N–H and O–H groups in total. The van der Waals surface area contributed by atoms with Crippen LogP contribution in [0.3, 0.4) is 0 Å².